The highest BCUT2D eigenvalue weighted by Crippen LogP contribution is 2.28. The quantitative estimate of drug-likeness (QED) is 0.930. The number of para-hydroxylation sites is 1. The van der Waals surface area contributed by atoms with Crippen molar-refractivity contribution in [1.82, 2.24) is 5.32 Å². The normalized spacial score (nSPS) is 20.7. The van der Waals surface area contributed by atoms with Crippen LogP contribution in [-0.2, 0) is 4.79 Å². The van der Waals surface area contributed by atoms with Crippen molar-refractivity contribution < 1.29 is 4.79 Å². The third kappa shape index (κ3) is 2.69. The van der Waals surface area contributed by atoms with Crippen molar-refractivity contribution >= 4 is 27.5 Å². The lowest BCUT2D eigenvalue weighted by Crippen LogP contribution is -2.50. The summed E-state index contributed by atoms with van der Waals surface area (Å²) in [5.74, 6) is 0.185. The predicted octanol–water partition coefficient (Wildman–Crippen LogP) is 2.55. The lowest BCUT2D eigenvalue weighted by Gasteiger charge is -2.33. The van der Waals surface area contributed by atoms with Gasteiger partial charge >= 0.3 is 0 Å². The number of carbonyl (C=O) groups is 1. The first-order chi connectivity index (χ1) is 8.24. The summed E-state index contributed by atoms with van der Waals surface area (Å²) in [6.07, 6.45) is 1.98. The summed E-state index contributed by atoms with van der Waals surface area (Å²) >= 11 is 3.50. The molecule has 0 aliphatic carbocycles. The van der Waals surface area contributed by atoms with Crippen molar-refractivity contribution in [1.29, 1.82) is 0 Å². The van der Waals surface area contributed by atoms with Crippen LogP contribution < -0.4 is 10.2 Å². The van der Waals surface area contributed by atoms with Crippen LogP contribution in [0.1, 0.15) is 19.8 Å². The molecular weight excluding hydrogens is 280 g/mol. The number of nitrogens with one attached hydrogen (secondary N) is 1. The first-order valence-electron chi connectivity index (χ1n) is 6.03. The summed E-state index contributed by atoms with van der Waals surface area (Å²) in [5, 5.41) is 3.25. The number of amides is 1. The number of piperidine rings is 1. The highest BCUT2D eigenvalue weighted by molar-refractivity contribution is 9.10. The molecule has 1 fully saturated rings. The highest BCUT2D eigenvalue weighted by Gasteiger charge is 2.29. The third-order valence-electron chi connectivity index (χ3n) is 3.03. The average molecular weight is 297 g/mol. The average Bonchev–Trinajstić information content (AvgIpc) is 2.33. The molecule has 3 nitrogen and oxygen atoms in total. The zero-order chi connectivity index (χ0) is 12.3. The minimum Gasteiger partial charge on any atom is -0.310 e. The Labute approximate surface area is 110 Å². The molecule has 1 aromatic carbocycles. The van der Waals surface area contributed by atoms with Gasteiger partial charge in [-0.15, -0.1) is 0 Å². The Morgan fingerprint density at radius 2 is 2.24 bits per heavy atom. The number of hydrogen-bond donors (Lipinski definition) is 1. The summed E-state index contributed by atoms with van der Waals surface area (Å²) in [4.78, 5) is 14.2. The number of benzene rings is 1. The van der Waals surface area contributed by atoms with Gasteiger partial charge in [0.05, 0.1) is 11.7 Å². The van der Waals surface area contributed by atoms with Gasteiger partial charge in [0.25, 0.3) is 0 Å². The van der Waals surface area contributed by atoms with Crippen molar-refractivity contribution in [3.05, 3.63) is 28.7 Å². The van der Waals surface area contributed by atoms with Gasteiger partial charge in [0.2, 0.25) is 5.91 Å². The number of rotatable bonds is 3. The number of likely N-dealkylation sites (N-methyl/N-ethyl adjacent to an activating group) is 1. The van der Waals surface area contributed by atoms with Crippen LogP contribution in [0.4, 0.5) is 5.69 Å². The molecule has 0 bridgehead atoms. The van der Waals surface area contributed by atoms with Gasteiger partial charge in [-0.05, 0) is 47.4 Å². The molecule has 1 unspecified atom stereocenters. The van der Waals surface area contributed by atoms with E-state index in [9.17, 15) is 4.79 Å². The predicted molar refractivity (Wildman–Crippen MR) is 73.2 cm³/mol. The largest absolute Gasteiger partial charge is 0.310 e. The van der Waals surface area contributed by atoms with Crippen molar-refractivity contribution in [3.8, 4) is 0 Å². The van der Waals surface area contributed by atoms with Gasteiger partial charge in [0.1, 0.15) is 0 Å². The van der Waals surface area contributed by atoms with E-state index < -0.39 is 0 Å². The molecule has 2 rings (SSSR count). The monoisotopic (exact) mass is 296 g/mol. The minimum absolute atomic E-state index is 0.0270. The second-order valence-corrected chi connectivity index (χ2v) is 5.05. The van der Waals surface area contributed by atoms with Crippen molar-refractivity contribution in [3.63, 3.8) is 0 Å². The Morgan fingerprint density at radius 3 is 2.94 bits per heavy atom. The van der Waals surface area contributed by atoms with Crippen LogP contribution in [0.15, 0.2) is 28.7 Å². The van der Waals surface area contributed by atoms with Gasteiger partial charge in [-0.3, -0.25) is 4.79 Å². The van der Waals surface area contributed by atoms with Crippen LogP contribution in [-0.4, -0.2) is 25.0 Å². The molecule has 1 saturated heterocycles. The van der Waals surface area contributed by atoms with E-state index in [-0.39, 0.29) is 11.9 Å². The Hall–Kier alpha value is -0.870. The Bertz CT molecular complexity index is 406. The molecule has 1 aromatic rings. The maximum absolute atomic E-state index is 12.3. The van der Waals surface area contributed by atoms with E-state index in [1.54, 1.807) is 0 Å². The van der Waals surface area contributed by atoms with Crippen molar-refractivity contribution in [2.75, 3.05) is 18.0 Å². The number of nitrogens with zero attached hydrogens (tertiary/aromatic N) is 1. The smallest absolute Gasteiger partial charge is 0.244 e. The zero-order valence-electron chi connectivity index (χ0n) is 9.95. The van der Waals surface area contributed by atoms with E-state index in [1.807, 2.05) is 36.1 Å². The molecule has 0 saturated carbocycles. The minimum atomic E-state index is -0.0270. The molecule has 1 aliphatic rings. The molecule has 0 radical (unpaired) electrons. The fourth-order valence-corrected chi connectivity index (χ4v) is 2.72. The molecule has 0 spiro atoms. The number of hydrogen-bond acceptors (Lipinski definition) is 2. The van der Waals surface area contributed by atoms with Gasteiger partial charge in [0.15, 0.2) is 0 Å². The molecule has 1 atom stereocenters. The standard InChI is InChI=1S/C13H17BrN2O/c1-2-15-11-7-5-9-16(13(11)17)12-8-4-3-6-10(12)14/h3-4,6,8,11,15H,2,5,7,9H2,1H3. The van der Waals surface area contributed by atoms with Gasteiger partial charge in [-0.1, -0.05) is 19.1 Å². The summed E-state index contributed by atoms with van der Waals surface area (Å²) < 4.78 is 0.977. The SMILES string of the molecule is CCNC1CCCN(c2ccccc2Br)C1=O. The van der Waals surface area contributed by atoms with E-state index in [4.69, 9.17) is 0 Å². The van der Waals surface area contributed by atoms with E-state index in [0.29, 0.717) is 0 Å². The second-order valence-electron chi connectivity index (χ2n) is 4.19. The molecular formula is C13H17BrN2O. The number of carbonyl (C=O) groups excluding carboxylic acids is 1. The second kappa shape index (κ2) is 5.65. The van der Waals surface area contributed by atoms with E-state index >= 15 is 0 Å². The molecule has 1 heterocycles. The van der Waals surface area contributed by atoms with Crippen LogP contribution in [0.3, 0.4) is 0 Å². The topological polar surface area (TPSA) is 32.3 Å². The summed E-state index contributed by atoms with van der Waals surface area (Å²) in [7, 11) is 0. The van der Waals surface area contributed by atoms with Crippen molar-refractivity contribution in [2.45, 2.75) is 25.8 Å². The van der Waals surface area contributed by atoms with Gasteiger partial charge < -0.3 is 10.2 Å². The summed E-state index contributed by atoms with van der Waals surface area (Å²) in [6.45, 7) is 3.67. The molecule has 1 aliphatic heterocycles. The van der Waals surface area contributed by atoms with Crippen LogP contribution >= 0.6 is 15.9 Å². The molecule has 92 valence electrons. The van der Waals surface area contributed by atoms with E-state index in [0.717, 1.165) is 36.1 Å². The van der Waals surface area contributed by atoms with E-state index in [2.05, 4.69) is 21.2 Å². The number of halogens is 1. The fourth-order valence-electron chi connectivity index (χ4n) is 2.22. The number of anilines is 1. The Balaban J connectivity index is 2.21. The maximum atomic E-state index is 12.3. The zero-order valence-corrected chi connectivity index (χ0v) is 11.5. The van der Waals surface area contributed by atoms with E-state index in [1.165, 1.54) is 0 Å². The van der Waals surface area contributed by atoms with Gasteiger partial charge in [-0.2, -0.15) is 0 Å². The molecule has 1 N–H and O–H groups in total. The molecule has 1 amide bonds. The summed E-state index contributed by atoms with van der Waals surface area (Å²) in [5.41, 5.74) is 0.972. The van der Waals surface area contributed by atoms with Gasteiger partial charge in [-0.25, -0.2) is 0 Å². The van der Waals surface area contributed by atoms with Crippen LogP contribution in [0, 0.1) is 0 Å². The molecule has 4 heteroatoms. The van der Waals surface area contributed by atoms with Crippen LogP contribution in [0.25, 0.3) is 0 Å². The maximum Gasteiger partial charge on any atom is 0.244 e. The van der Waals surface area contributed by atoms with Gasteiger partial charge in [0, 0.05) is 11.0 Å². The fraction of sp³-hybridized carbons (Fsp3) is 0.462. The Morgan fingerprint density at radius 1 is 1.47 bits per heavy atom. The first-order valence-corrected chi connectivity index (χ1v) is 6.82. The third-order valence-corrected chi connectivity index (χ3v) is 3.70. The first kappa shape index (κ1) is 12.6. The molecule has 17 heavy (non-hydrogen) atoms. The lowest BCUT2D eigenvalue weighted by atomic mass is 10.0. The van der Waals surface area contributed by atoms with Crippen LogP contribution in [0.5, 0.6) is 0 Å². The summed E-state index contributed by atoms with van der Waals surface area (Å²) in [6, 6.07) is 7.85. The molecule has 0 aromatic heterocycles. The van der Waals surface area contributed by atoms with Crippen LogP contribution in [0.2, 0.25) is 0 Å². The Kier molecular flexibility index (Phi) is 4.18. The highest BCUT2D eigenvalue weighted by atomic mass is 79.9. The lowest BCUT2D eigenvalue weighted by molar-refractivity contribution is -0.121. The van der Waals surface area contributed by atoms with Crippen molar-refractivity contribution in [2.24, 2.45) is 0 Å².